The fraction of sp³-hybridized carbons (Fsp3) is 0.462. The first-order chi connectivity index (χ1) is 17.3. The molecule has 1 unspecified atom stereocenters. The molecule has 1 aliphatic rings. The van der Waals surface area contributed by atoms with Gasteiger partial charge < -0.3 is 9.64 Å². The summed E-state index contributed by atoms with van der Waals surface area (Å²) in [7, 11) is 1.90. The van der Waals surface area contributed by atoms with Gasteiger partial charge in [0, 0.05) is 31.2 Å². The molecule has 3 aromatic rings. The highest BCUT2D eigenvalue weighted by molar-refractivity contribution is 7.89. The third-order valence-electron chi connectivity index (χ3n) is 6.59. The number of anilines is 1. The van der Waals surface area contributed by atoms with Gasteiger partial charge in [-0.25, -0.2) is 13.4 Å². The van der Waals surface area contributed by atoms with Crippen LogP contribution < -0.4 is 9.64 Å². The summed E-state index contributed by atoms with van der Waals surface area (Å²) in [6, 6.07) is 12.1. The zero-order valence-corrected chi connectivity index (χ0v) is 24.2. The highest BCUT2D eigenvalue weighted by atomic mass is 35.5. The molecule has 1 aliphatic heterocycles. The average Bonchev–Trinajstić information content (AvgIpc) is 3.32. The van der Waals surface area contributed by atoms with E-state index in [4.69, 9.17) is 9.72 Å². The maximum Gasteiger partial charge on any atom is 0.260 e. The topological polar surface area (TPSA) is 83.1 Å². The lowest BCUT2D eigenvalue weighted by molar-refractivity contribution is 0.0985. The van der Waals surface area contributed by atoms with Crippen LogP contribution in [0.25, 0.3) is 10.2 Å². The van der Waals surface area contributed by atoms with Crippen molar-refractivity contribution in [2.24, 2.45) is 0 Å². The first kappa shape index (κ1) is 29.3. The zero-order chi connectivity index (χ0) is 25.9. The molecule has 11 heteroatoms. The SMILES string of the molecule is CCC1CCCCN1S(=O)(=O)c1ccc(C(=O)N(CCN(C)C)c2nc3c(OC)cccc3s2)cc1.Cl. The molecule has 37 heavy (non-hydrogen) atoms. The van der Waals surface area contributed by atoms with E-state index in [2.05, 4.69) is 0 Å². The van der Waals surface area contributed by atoms with E-state index < -0.39 is 10.0 Å². The smallest absolute Gasteiger partial charge is 0.260 e. The van der Waals surface area contributed by atoms with Gasteiger partial charge in [-0.1, -0.05) is 30.7 Å². The minimum Gasteiger partial charge on any atom is -0.494 e. The maximum atomic E-state index is 13.6. The number of amides is 1. The van der Waals surface area contributed by atoms with Crippen LogP contribution in [0.15, 0.2) is 47.4 Å². The Bertz CT molecular complexity index is 1310. The highest BCUT2D eigenvalue weighted by Crippen LogP contribution is 2.35. The number of carbonyl (C=O) groups excluding carboxylic acids is 1. The lowest BCUT2D eigenvalue weighted by atomic mass is 10.0. The minimum atomic E-state index is -3.61. The number of aromatic nitrogens is 1. The monoisotopic (exact) mass is 566 g/mol. The maximum absolute atomic E-state index is 13.6. The summed E-state index contributed by atoms with van der Waals surface area (Å²) in [5.41, 5.74) is 1.14. The third-order valence-corrected chi connectivity index (χ3v) is 9.60. The number of halogens is 1. The number of hydrogen-bond donors (Lipinski definition) is 0. The first-order valence-corrected chi connectivity index (χ1v) is 14.5. The summed E-state index contributed by atoms with van der Waals surface area (Å²) in [6.07, 6.45) is 3.61. The number of para-hydroxylation sites is 1. The van der Waals surface area contributed by atoms with E-state index in [9.17, 15) is 13.2 Å². The van der Waals surface area contributed by atoms with Crippen LogP contribution in [0.3, 0.4) is 0 Å². The molecule has 1 aromatic heterocycles. The van der Waals surface area contributed by atoms with Gasteiger partial charge in [0.25, 0.3) is 5.91 Å². The summed E-state index contributed by atoms with van der Waals surface area (Å²) in [4.78, 5) is 22.2. The van der Waals surface area contributed by atoms with Gasteiger partial charge in [0.15, 0.2) is 5.13 Å². The lowest BCUT2D eigenvalue weighted by Gasteiger charge is -2.34. The number of hydrogen-bond acceptors (Lipinski definition) is 7. The predicted molar refractivity (Wildman–Crippen MR) is 152 cm³/mol. The Morgan fingerprint density at radius 1 is 1.14 bits per heavy atom. The summed E-state index contributed by atoms with van der Waals surface area (Å²) in [5, 5.41) is 0.581. The molecule has 1 saturated heterocycles. The quantitative estimate of drug-likeness (QED) is 0.367. The van der Waals surface area contributed by atoms with Crippen LogP contribution in [0.5, 0.6) is 5.75 Å². The first-order valence-electron chi connectivity index (χ1n) is 12.3. The fourth-order valence-electron chi connectivity index (χ4n) is 4.53. The molecular weight excluding hydrogens is 532 g/mol. The van der Waals surface area contributed by atoms with Crippen molar-refractivity contribution in [2.45, 2.75) is 43.5 Å². The molecule has 1 atom stereocenters. The van der Waals surface area contributed by atoms with Crippen molar-refractivity contribution in [3.05, 3.63) is 48.0 Å². The number of likely N-dealkylation sites (N-methyl/N-ethyl adjacent to an activating group) is 1. The molecule has 1 fully saturated rings. The molecule has 202 valence electrons. The Morgan fingerprint density at radius 3 is 2.51 bits per heavy atom. The zero-order valence-electron chi connectivity index (χ0n) is 21.7. The Kier molecular flexibility index (Phi) is 9.93. The summed E-state index contributed by atoms with van der Waals surface area (Å²) in [5.74, 6) is 0.441. The predicted octanol–water partition coefficient (Wildman–Crippen LogP) is 4.89. The van der Waals surface area contributed by atoms with E-state index in [1.54, 1.807) is 40.6 Å². The van der Waals surface area contributed by atoms with Crippen LogP contribution in [-0.4, -0.2) is 75.4 Å². The van der Waals surface area contributed by atoms with E-state index in [1.807, 2.05) is 44.1 Å². The highest BCUT2D eigenvalue weighted by Gasteiger charge is 2.32. The van der Waals surface area contributed by atoms with Crippen LogP contribution in [0.1, 0.15) is 43.0 Å². The van der Waals surface area contributed by atoms with Crippen molar-refractivity contribution < 1.29 is 17.9 Å². The van der Waals surface area contributed by atoms with Crippen molar-refractivity contribution in [3.63, 3.8) is 0 Å². The van der Waals surface area contributed by atoms with E-state index in [-0.39, 0.29) is 29.3 Å². The molecule has 0 spiro atoms. The second kappa shape index (κ2) is 12.5. The molecule has 0 bridgehead atoms. The molecule has 0 N–H and O–H groups in total. The van der Waals surface area contributed by atoms with Gasteiger partial charge >= 0.3 is 0 Å². The largest absolute Gasteiger partial charge is 0.494 e. The van der Waals surface area contributed by atoms with E-state index in [1.165, 1.54) is 11.3 Å². The molecule has 2 aromatic carbocycles. The molecule has 4 rings (SSSR count). The number of carbonyl (C=O) groups is 1. The average molecular weight is 567 g/mol. The second-order valence-electron chi connectivity index (χ2n) is 9.26. The van der Waals surface area contributed by atoms with Gasteiger partial charge in [-0.3, -0.25) is 9.69 Å². The van der Waals surface area contributed by atoms with Crippen molar-refractivity contribution in [3.8, 4) is 5.75 Å². The summed E-state index contributed by atoms with van der Waals surface area (Å²) >= 11 is 1.43. The van der Waals surface area contributed by atoms with Gasteiger partial charge in [0.1, 0.15) is 11.3 Å². The fourth-order valence-corrected chi connectivity index (χ4v) is 7.31. The van der Waals surface area contributed by atoms with Crippen LogP contribution >= 0.6 is 23.7 Å². The molecule has 1 amide bonds. The molecule has 0 aliphatic carbocycles. The number of fused-ring (bicyclic) bond motifs is 1. The number of rotatable bonds is 9. The number of thiazole rings is 1. The number of piperidine rings is 1. The molecule has 0 radical (unpaired) electrons. The molecule has 0 saturated carbocycles. The lowest BCUT2D eigenvalue weighted by Crippen LogP contribution is -2.43. The second-order valence-corrected chi connectivity index (χ2v) is 12.2. The normalized spacial score (nSPS) is 16.5. The van der Waals surface area contributed by atoms with Gasteiger partial charge in [-0.15, -0.1) is 12.4 Å². The van der Waals surface area contributed by atoms with Gasteiger partial charge in [0.2, 0.25) is 10.0 Å². The van der Waals surface area contributed by atoms with Crippen molar-refractivity contribution in [1.82, 2.24) is 14.2 Å². The Morgan fingerprint density at radius 2 is 1.86 bits per heavy atom. The number of ether oxygens (including phenoxy) is 1. The van der Waals surface area contributed by atoms with Crippen molar-refractivity contribution in [2.75, 3.05) is 45.7 Å². The van der Waals surface area contributed by atoms with E-state index >= 15 is 0 Å². The number of methoxy groups -OCH3 is 1. The van der Waals surface area contributed by atoms with Crippen LogP contribution in [0.4, 0.5) is 5.13 Å². The summed E-state index contributed by atoms with van der Waals surface area (Å²) in [6.45, 7) is 3.67. The number of sulfonamides is 1. The van der Waals surface area contributed by atoms with E-state index in [0.29, 0.717) is 36.1 Å². The van der Waals surface area contributed by atoms with Gasteiger partial charge in [-0.05, 0) is 69.8 Å². The Hall–Kier alpha value is -2.24. The summed E-state index contributed by atoms with van der Waals surface area (Å²) < 4.78 is 34.7. The Labute approximate surface area is 229 Å². The van der Waals surface area contributed by atoms with Gasteiger partial charge in [0.05, 0.1) is 16.7 Å². The molecule has 2 heterocycles. The van der Waals surface area contributed by atoms with Gasteiger partial charge in [-0.2, -0.15) is 4.31 Å². The number of benzene rings is 2. The molecular formula is C26H35ClN4O4S2. The van der Waals surface area contributed by atoms with Crippen molar-refractivity contribution in [1.29, 1.82) is 0 Å². The molecule has 8 nitrogen and oxygen atoms in total. The van der Waals surface area contributed by atoms with Crippen LogP contribution in [0, 0.1) is 0 Å². The van der Waals surface area contributed by atoms with Crippen molar-refractivity contribution >= 4 is 55.0 Å². The number of nitrogens with zero attached hydrogens (tertiary/aromatic N) is 4. The third kappa shape index (κ3) is 6.26. The van der Waals surface area contributed by atoms with Crippen LogP contribution in [0.2, 0.25) is 0 Å². The standard InChI is InChI=1S/C26H34N4O4S2.ClH/c1-5-20-9-6-7-16-30(20)36(32,33)21-14-12-19(13-15-21)25(31)29(18-17-28(2)3)26-27-24-22(34-4)10-8-11-23(24)35-26;/h8,10-15,20H,5-7,9,16-18H2,1-4H3;1H. The Balaban J connectivity index is 0.00000380. The van der Waals surface area contributed by atoms with Crippen LogP contribution in [-0.2, 0) is 10.0 Å². The minimum absolute atomic E-state index is 0. The van der Waals surface area contributed by atoms with E-state index in [0.717, 1.165) is 35.9 Å².